The van der Waals surface area contributed by atoms with Gasteiger partial charge in [-0.2, -0.15) is 5.10 Å². The van der Waals surface area contributed by atoms with E-state index in [4.69, 9.17) is 10.7 Å². The van der Waals surface area contributed by atoms with Gasteiger partial charge in [0, 0.05) is 65.8 Å². The lowest BCUT2D eigenvalue weighted by molar-refractivity contribution is 0.514. The Balaban J connectivity index is 1.31. The normalized spacial score (nSPS) is 14.0. The molecule has 0 bridgehead atoms. The summed E-state index contributed by atoms with van der Waals surface area (Å²) in [6.45, 7) is 1.58. The van der Waals surface area contributed by atoms with Crippen molar-refractivity contribution in [2.75, 3.05) is 18.0 Å². The van der Waals surface area contributed by atoms with Crippen molar-refractivity contribution in [1.82, 2.24) is 40.1 Å². The fraction of sp³-hybridized carbons (Fsp3) is 0.120. The molecule has 6 aromatic heterocycles. The van der Waals surface area contributed by atoms with E-state index in [1.54, 1.807) is 31.0 Å². The van der Waals surface area contributed by atoms with Crippen LogP contribution in [0.25, 0.3) is 55.7 Å². The van der Waals surface area contributed by atoms with Crippen LogP contribution in [0.1, 0.15) is 0 Å². The zero-order valence-electron chi connectivity index (χ0n) is 18.6. The number of H-pyrrole nitrogens is 2. The Morgan fingerprint density at radius 2 is 1.74 bits per heavy atom. The number of rotatable bonds is 4. The maximum absolute atomic E-state index is 5.93. The van der Waals surface area contributed by atoms with Crippen molar-refractivity contribution >= 4 is 27.8 Å². The van der Waals surface area contributed by atoms with Gasteiger partial charge < -0.3 is 15.6 Å². The summed E-state index contributed by atoms with van der Waals surface area (Å²) in [5, 5.41) is 9.53. The van der Waals surface area contributed by atoms with Crippen molar-refractivity contribution in [2.45, 2.75) is 6.04 Å². The molecule has 4 N–H and O–H groups in total. The Labute approximate surface area is 199 Å². The SMILES string of the molecule is NC1CN(c2cncc(-c3cnc4n[nH]c(-c5cc6c(-c7ccncc7)cncc6[nH]5)c4c3)n2)C1. The molecule has 0 radical (unpaired) electrons. The summed E-state index contributed by atoms with van der Waals surface area (Å²) in [6.07, 6.45) is 12.6. The van der Waals surface area contributed by atoms with Crippen molar-refractivity contribution in [3.63, 3.8) is 0 Å². The van der Waals surface area contributed by atoms with Gasteiger partial charge in [0.15, 0.2) is 5.65 Å². The van der Waals surface area contributed by atoms with Gasteiger partial charge in [0.1, 0.15) is 5.82 Å². The van der Waals surface area contributed by atoms with Gasteiger partial charge >= 0.3 is 0 Å². The number of nitrogens with two attached hydrogens (primary N) is 1. The number of aromatic amines is 2. The summed E-state index contributed by atoms with van der Waals surface area (Å²) in [7, 11) is 0. The molecule has 170 valence electrons. The maximum Gasteiger partial charge on any atom is 0.181 e. The molecule has 10 nitrogen and oxygen atoms in total. The molecule has 0 saturated carbocycles. The van der Waals surface area contributed by atoms with Crippen molar-refractivity contribution < 1.29 is 0 Å². The van der Waals surface area contributed by atoms with Gasteiger partial charge in [-0.25, -0.2) is 9.97 Å². The molecular weight excluding hydrogens is 440 g/mol. The summed E-state index contributed by atoms with van der Waals surface area (Å²) in [5.41, 5.74) is 13.0. The van der Waals surface area contributed by atoms with Crippen molar-refractivity contribution in [3.05, 3.63) is 67.6 Å². The second kappa shape index (κ2) is 7.67. The molecule has 0 atom stereocenters. The Morgan fingerprint density at radius 3 is 2.60 bits per heavy atom. The molecule has 0 aromatic carbocycles. The van der Waals surface area contributed by atoms with Crippen LogP contribution < -0.4 is 10.6 Å². The fourth-order valence-electron chi connectivity index (χ4n) is 4.54. The molecule has 7 heterocycles. The van der Waals surface area contributed by atoms with E-state index in [0.29, 0.717) is 5.65 Å². The number of anilines is 1. The first-order valence-electron chi connectivity index (χ1n) is 11.3. The zero-order chi connectivity index (χ0) is 23.4. The number of nitrogens with one attached hydrogen (secondary N) is 2. The summed E-state index contributed by atoms with van der Waals surface area (Å²) >= 11 is 0. The van der Waals surface area contributed by atoms with Crippen molar-refractivity contribution in [2.24, 2.45) is 5.73 Å². The molecule has 1 saturated heterocycles. The van der Waals surface area contributed by atoms with Gasteiger partial charge in [-0.05, 0) is 29.8 Å². The molecule has 10 heteroatoms. The van der Waals surface area contributed by atoms with Gasteiger partial charge in [-0.1, -0.05) is 0 Å². The second-order valence-corrected chi connectivity index (χ2v) is 8.69. The maximum atomic E-state index is 5.93. The van der Waals surface area contributed by atoms with Crippen LogP contribution in [0, 0.1) is 0 Å². The first-order valence-corrected chi connectivity index (χ1v) is 11.3. The Hall–Kier alpha value is -4.70. The van der Waals surface area contributed by atoms with Crippen molar-refractivity contribution in [1.29, 1.82) is 0 Å². The van der Waals surface area contributed by atoms with Gasteiger partial charge in [0.05, 0.1) is 41.2 Å². The lowest BCUT2D eigenvalue weighted by Gasteiger charge is -2.37. The van der Waals surface area contributed by atoms with Gasteiger partial charge in [-0.15, -0.1) is 0 Å². The summed E-state index contributed by atoms with van der Waals surface area (Å²) in [4.78, 5) is 27.9. The minimum Gasteiger partial charge on any atom is -0.352 e. The molecule has 0 spiro atoms. The number of nitrogens with zero attached hydrogens (tertiary/aromatic N) is 7. The number of aromatic nitrogens is 8. The van der Waals surface area contributed by atoms with E-state index in [1.807, 2.05) is 30.6 Å². The molecule has 1 aliphatic rings. The van der Waals surface area contributed by atoms with Crippen LogP contribution in [0.15, 0.2) is 67.6 Å². The predicted octanol–water partition coefficient (Wildman–Crippen LogP) is 3.17. The summed E-state index contributed by atoms with van der Waals surface area (Å²) in [5.74, 6) is 0.823. The molecule has 0 amide bonds. The molecular formula is C25H20N10. The Morgan fingerprint density at radius 1 is 0.886 bits per heavy atom. The van der Waals surface area contributed by atoms with E-state index >= 15 is 0 Å². The number of pyridine rings is 3. The topological polar surface area (TPSA) is 138 Å². The third-order valence-corrected chi connectivity index (χ3v) is 6.37. The quantitative estimate of drug-likeness (QED) is 0.365. The van der Waals surface area contributed by atoms with Gasteiger partial charge in [0.2, 0.25) is 0 Å². The van der Waals surface area contributed by atoms with E-state index in [0.717, 1.165) is 69.0 Å². The van der Waals surface area contributed by atoms with E-state index in [2.05, 4.69) is 46.1 Å². The number of hydrogen-bond acceptors (Lipinski definition) is 8. The average Bonchev–Trinajstić information content (AvgIpc) is 3.51. The monoisotopic (exact) mass is 460 g/mol. The zero-order valence-corrected chi connectivity index (χ0v) is 18.6. The molecule has 1 aliphatic heterocycles. The third kappa shape index (κ3) is 3.30. The van der Waals surface area contributed by atoms with Crippen LogP contribution in [0.5, 0.6) is 0 Å². The van der Waals surface area contributed by atoms with E-state index in [-0.39, 0.29) is 6.04 Å². The van der Waals surface area contributed by atoms with Crippen LogP contribution in [0.2, 0.25) is 0 Å². The fourth-order valence-corrected chi connectivity index (χ4v) is 4.54. The summed E-state index contributed by atoms with van der Waals surface area (Å²) < 4.78 is 0. The smallest absolute Gasteiger partial charge is 0.181 e. The Kier molecular flexibility index (Phi) is 4.33. The van der Waals surface area contributed by atoms with Gasteiger partial charge in [0.25, 0.3) is 0 Å². The first kappa shape index (κ1) is 19.7. The molecule has 0 aliphatic carbocycles. The van der Waals surface area contributed by atoms with Gasteiger partial charge in [-0.3, -0.25) is 20.1 Å². The Bertz CT molecular complexity index is 1680. The van der Waals surface area contributed by atoms with E-state index in [1.165, 1.54) is 0 Å². The second-order valence-electron chi connectivity index (χ2n) is 8.69. The highest BCUT2D eigenvalue weighted by atomic mass is 15.3. The van der Waals surface area contributed by atoms with E-state index < -0.39 is 0 Å². The highest BCUT2D eigenvalue weighted by molar-refractivity contribution is 6.00. The number of hydrogen-bond donors (Lipinski definition) is 3. The standard InChI is InChI=1S/C25H20N10/c26-16-12-35(13-16)23-11-29-9-21(32-23)15-5-18-24(33-34-25(18)30-7-15)20-6-17-19(8-28-10-22(17)31-20)14-1-3-27-4-2-14/h1-11,16,31H,12-13,26H2,(H,30,33,34). The van der Waals surface area contributed by atoms with E-state index in [9.17, 15) is 0 Å². The molecule has 6 aromatic rings. The van der Waals surface area contributed by atoms with Crippen molar-refractivity contribution in [3.8, 4) is 33.8 Å². The van der Waals surface area contributed by atoms with Crippen LogP contribution in [0.3, 0.4) is 0 Å². The van der Waals surface area contributed by atoms with Crippen LogP contribution >= 0.6 is 0 Å². The predicted molar refractivity (Wildman–Crippen MR) is 133 cm³/mol. The highest BCUT2D eigenvalue weighted by Gasteiger charge is 2.24. The average molecular weight is 461 g/mol. The highest BCUT2D eigenvalue weighted by Crippen LogP contribution is 2.34. The van der Waals surface area contributed by atoms with Crippen LogP contribution in [-0.4, -0.2) is 59.2 Å². The lowest BCUT2D eigenvalue weighted by Crippen LogP contribution is -2.56. The van der Waals surface area contributed by atoms with Crippen LogP contribution in [0.4, 0.5) is 5.82 Å². The van der Waals surface area contributed by atoms with Crippen LogP contribution in [-0.2, 0) is 0 Å². The molecule has 0 unspecified atom stereocenters. The molecule has 1 fully saturated rings. The minimum absolute atomic E-state index is 0.192. The first-order chi connectivity index (χ1) is 17.2. The third-order valence-electron chi connectivity index (χ3n) is 6.37. The molecule has 7 rings (SSSR count). The summed E-state index contributed by atoms with van der Waals surface area (Å²) in [6, 6.07) is 8.31. The minimum atomic E-state index is 0.192. The largest absolute Gasteiger partial charge is 0.352 e. The molecule has 35 heavy (non-hydrogen) atoms. The lowest BCUT2D eigenvalue weighted by atomic mass is 10.1. The number of fused-ring (bicyclic) bond motifs is 2.